The fourth-order valence-corrected chi connectivity index (χ4v) is 0. The normalized spacial score (nSPS) is 7.56. The Kier molecular flexibility index (Phi) is 14.3. The molecule has 0 radical (unpaired) electrons. The van der Waals surface area contributed by atoms with Gasteiger partial charge >= 0.3 is 0 Å². The van der Waals surface area contributed by atoms with Gasteiger partial charge in [0.25, 0.3) is 0 Å². The van der Waals surface area contributed by atoms with E-state index >= 15 is 0 Å². The van der Waals surface area contributed by atoms with Crippen LogP contribution < -0.4 is 0 Å². The lowest BCUT2D eigenvalue weighted by Crippen LogP contribution is -1.80. The number of carbonyl (C=O) groups excluding carboxylic acids is 1. The highest BCUT2D eigenvalue weighted by molar-refractivity contribution is 7.80. The Morgan fingerprint density at radius 1 is 1.44 bits per heavy atom. The minimum absolute atomic E-state index is 0.255. The highest BCUT2D eigenvalue weighted by Gasteiger charge is 1.76. The molecule has 0 saturated heterocycles. The molecule has 0 aliphatic heterocycles. The van der Waals surface area contributed by atoms with Crippen LogP contribution in [0.3, 0.4) is 0 Å². The van der Waals surface area contributed by atoms with E-state index in [2.05, 4.69) is 19.6 Å². The molecule has 0 aliphatic rings. The zero-order valence-corrected chi connectivity index (χ0v) is 7.37. The van der Waals surface area contributed by atoms with E-state index in [-0.39, 0.29) is 5.78 Å². The topological polar surface area (TPSA) is 17.1 Å². The molecule has 0 fully saturated rings. The molecule has 0 aromatic rings. The van der Waals surface area contributed by atoms with Gasteiger partial charge in [-0.1, -0.05) is 13.8 Å². The predicted molar refractivity (Wildman–Crippen MR) is 45.1 cm³/mol. The Labute approximate surface area is 63.3 Å². The van der Waals surface area contributed by atoms with Gasteiger partial charge in [0.15, 0.2) is 0 Å². The molecule has 9 heavy (non-hydrogen) atoms. The minimum atomic E-state index is 0.255. The maximum absolute atomic E-state index is 9.81. The average molecular weight is 148 g/mol. The average Bonchev–Trinajstić information content (AvgIpc) is 1.89. The highest BCUT2D eigenvalue weighted by Crippen LogP contribution is 1.74. The third kappa shape index (κ3) is 31.9. The molecule has 0 saturated carbocycles. The van der Waals surface area contributed by atoms with E-state index in [1.165, 1.54) is 6.42 Å². The van der Waals surface area contributed by atoms with E-state index in [1.807, 2.05) is 6.92 Å². The summed E-state index contributed by atoms with van der Waals surface area (Å²) in [4.78, 5) is 9.81. The van der Waals surface area contributed by atoms with Gasteiger partial charge in [-0.25, -0.2) is 0 Å². The first-order valence-corrected chi connectivity index (χ1v) is 3.92. The fourth-order valence-electron chi connectivity index (χ4n) is 0. The van der Waals surface area contributed by atoms with Gasteiger partial charge in [0.2, 0.25) is 0 Å². The number of ketones is 1. The first kappa shape index (κ1) is 11.8. The molecule has 0 aromatic carbocycles. The second-order valence-corrected chi connectivity index (χ2v) is 2.23. The van der Waals surface area contributed by atoms with Crippen molar-refractivity contribution in [1.29, 1.82) is 0 Å². The molecule has 0 rings (SSSR count). The summed E-state index contributed by atoms with van der Waals surface area (Å²) in [6, 6.07) is 0. The third-order valence-electron chi connectivity index (χ3n) is 0.721. The molecule has 0 aliphatic carbocycles. The quantitative estimate of drug-likeness (QED) is 0.595. The van der Waals surface area contributed by atoms with Crippen LogP contribution in [0.25, 0.3) is 0 Å². The SMILES string of the molecule is CCC(C)=O.CCCS. The lowest BCUT2D eigenvalue weighted by atomic mass is 10.4. The Bertz CT molecular complexity index is 59.9. The molecule has 1 nitrogen and oxygen atoms in total. The van der Waals surface area contributed by atoms with Crippen molar-refractivity contribution in [2.75, 3.05) is 5.75 Å². The Hall–Kier alpha value is 0.0200. The first-order chi connectivity index (χ1) is 4.18. The van der Waals surface area contributed by atoms with Crippen molar-refractivity contribution in [3.05, 3.63) is 0 Å². The molecule has 0 heterocycles. The molecule has 0 spiro atoms. The van der Waals surface area contributed by atoms with E-state index in [0.717, 1.165) is 5.75 Å². The van der Waals surface area contributed by atoms with Gasteiger partial charge in [0.1, 0.15) is 5.78 Å². The molecule has 0 N–H and O–H groups in total. The summed E-state index contributed by atoms with van der Waals surface area (Å²) >= 11 is 3.92. The number of thiol groups is 1. The van der Waals surface area contributed by atoms with Crippen molar-refractivity contribution >= 4 is 18.4 Å². The highest BCUT2D eigenvalue weighted by atomic mass is 32.1. The molecular weight excluding hydrogens is 132 g/mol. The van der Waals surface area contributed by atoms with Crippen molar-refractivity contribution in [1.82, 2.24) is 0 Å². The molecule has 0 aromatic heterocycles. The number of hydrogen-bond acceptors (Lipinski definition) is 2. The van der Waals surface area contributed by atoms with Crippen molar-refractivity contribution in [2.24, 2.45) is 0 Å². The standard InChI is InChI=1S/C4H8O.C3H8S/c1-3-4(2)5;1-2-3-4/h3H2,1-2H3;4H,2-3H2,1H3. The maximum Gasteiger partial charge on any atom is 0.129 e. The zero-order valence-electron chi connectivity index (χ0n) is 6.48. The number of hydrogen-bond donors (Lipinski definition) is 1. The molecule has 2 heteroatoms. The summed E-state index contributed by atoms with van der Waals surface area (Å²) in [5.41, 5.74) is 0. The number of carbonyl (C=O) groups is 1. The van der Waals surface area contributed by atoms with Crippen LogP contribution in [-0.2, 0) is 4.79 Å². The van der Waals surface area contributed by atoms with Crippen LogP contribution in [0.2, 0.25) is 0 Å². The van der Waals surface area contributed by atoms with E-state index in [0.29, 0.717) is 6.42 Å². The fraction of sp³-hybridized carbons (Fsp3) is 0.857. The molecule has 0 bridgehead atoms. The van der Waals surface area contributed by atoms with E-state index < -0.39 is 0 Å². The first-order valence-electron chi connectivity index (χ1n) is 3.29. The van der Waals surface area contributed by atoms with Gasteiger partial charge in [-0.2, -0.15) is 12.6 Å². The molecule has 0 unspecified atom stereocenters. The molecular formula is C7H16OS. The summed E-state index contributed by atoms with van der Waals surface area (Å²) in [5, 5.41) is 0. The van der Waals surface area contributed by atoms with Crippen LogP contribution in [0, 0.1) is 0 Å². The number of Topliss-reactive ketones (excluding diaryl/α,β-unsaturated/α-hetero) is 1. The maximum atomic E-state index is 9.81. The van der Waals surface area contributed by atoms with Crippen LogP contribution in [0.5, 0.6) is 0 Å². The lowest BCUT2D eigenvalue weighted by Gasteiger charge is -1.71. The summed E-state index contributed by atoms with van der Waals surface area (Å²) in [6.07, 6.45) is 1.85. The Morgan fingerprint density at radius 3 is 1.67 bits per heavy atom. The van der Waals surface area contributed by atoms with Crippen molar-refractivity contribution < 1.29 is 4.79 Å². The lowest BCUT2D eigenvalue weighted by molar-refractivity contribution is -0.116. The van der Waals surface area contributed by atoms with Crippen LogP contribution in [0.1, 0.15) is 33.6 Å². The Morgan fingerprint density at radius 2 is 1.67 bits per heavy atom. The van der Waals surface area contributed by atoms with Gasteiger partial charge in [-0.05, 0) is 19.1 Å². The Balaban J connectivity index is 0. The molecule has 56 valence electrons. The van der Waals surface area contributed by atoms with Gasteiger partial charge < -0.3 is 4.79 Å². The second-order valence-electron chi connectivity index (χ2n) is 1.78. The van der Waals surface area contributed by atoms with Gasteiger partial charge in [-0.15, -0.1) is 0 Å². The van der Waals surface area contributed by atoms with E-state index in [1.54, 1.807) is 6.92 Å². The zero-order chi connectivity index (χ0) is 7.70. The minimum Gasteiger partial charge on any atom is -0.300 e. The summed E-state index contributed by atoms with van der Waals surface area (Å²) in [5.74, 6) is 1.27. The van der Waals surface area contributed by atoms with Gasteiger partial charge in [0, 0.05) is 6.42 Å². The van der Waals surface area contributed by atoms with E-state index in [9.17, 15) is 4.79 Å². The molecule has 0 amide bonds. The molecule has 0 atom stereocenters. The monoisotopic (exact) mass is 148 g/mol. The predicted octanol–water partition coefficient (Wildman–Crippen LogP) is 2.31. The van der Waals surface area contributed by atoms with Crippen LogP contribution in [0.15, 0.2) is 0 Å². The van der Waals surface area contributed by atoms with Crippen molar-refractivity contribution in [3.8, 4) is 0 Å². The summed E-state index contributed by atoms with van der Waals surface area (Å²) in [7, 11) is 0. The van der Waals surface area contributed by atoms with Crippen molar-refractivity contribution in [3.63, 3.8) is 0 Å². The van der Waals surface area contributed by atoms with Gasteiger partial charge in [-0.3, -0.25) is 0 Å². The van der Waals surface area contributed by atoms with Crippen LogP contribution in [-0.4, -0.2) is 11.5 Å². The smallest absolute Gasteiger partial charge is 0.129 e. The van der Waals surface area contributed by atoms with E-state index in [4.69, 9.17) is 0 Å². The van der Waals surface area contributed by atoms with Crippen LogP contribution >= 0.6 is 12.6 Å². The summed E-state index contributed by atoms with van der Waals surface area (Å²) < 4.78 is 0. The number of rotatable bonds is 2. The van der Waals surface area contributed by atoms with Crippen molar-refractivity contribution in [2.45, 2.75) is 33.6 Å². The van der Waals surface area contributed by atoms with Crippen LogP contribution in [0.4, 0.5) is 0 Å². The third-order valence-corrected chi connectivity index (χ3v) is 1.17. The summed E-state index contributed by atoms with van der Waals surface area (Å²) in [6.45, 7) is 5.54. The second kappa shape index (κ2) is 10.9. The largest absolute Gasteiger partial charge is 0.300 e. The van der Waals surface area contributed by atoms with Gasteiger partial charge in [0.05, 0.1) is 0 Å².